The van der Waals surface area contributed by atoms with Gasteiger partial charge in [-0.15, -0.1) is 0 Å². The van der Waals surface area contributed by atoms with Gasteiger partial charge in [0.05, 0.1) is 6.42 Å². The van der Waals surface area contributed by atoms with Crippen LogP contribution in [0.2, 0.25) is 0 Å². The Kier molecular flexibility index (Phi) is 4.10. The third kappa shape index (κ3) is 3.40. The second kappa shape index (κ2) is 4.91. The predicted octanol–water partition coefficient (Wildman–Crippen LogP) is 2.69. The Morgan fingerprint density at radius 1 is 1.36 bits per heavy atom. The summed E-state index contributed by atoms with van der Waals surface area (Å²) in [5, 5.41) is 8.58. The summed E-state index contributed by atoms with van der Waals surface area (Å²) in [6.45, 7) is 0. The summed E-state index contributed by atoms with van der Waals surface area (Å²) in [7, 11) is 0. The number of hydrogen-bond donors (Lipinski definition) is 2. The highest BCUT2D eigenvalue weighted by atomic mass is 79.9. The van der Waals surface area contributed by atoms with Crippen LogP contribution in [0, 0.1) is 0 Å². The van der Waals surface area contributed by atoms with Gasteiger partial charge < -0.3 is 10.8 Å². The molecule has 1 aromatic carbocycles. The van der Waals surface area contributed by atoms with Gasteiger partial charge in [-0.05, 0) is 23.8 Å². The van der Waals surface area contributed by atoms with Crippen molar-refractivity contribution in [3.8, 4) is 0 Å². The molecule has 76 valence electrons. The van der Waals surface area contributed by atoms with E-state index in [0.29, 0.717) is 0 Å². The first-order valence-electron chi connectivity index (χ1n) is 3.92. The number of nitrogens with two attached hydrogens (primary N) is 1. The molecule has 0 heterocycles. The molecule has 3 nitrogen and oxygen atoms in total. The number of aliphatic carboxylic acids is 1. The van der Waals surface area contributed by atoms with Gasteiger partial charge >= 0.3 is 5.97 Å². The van der Waals surface area contributed by atoms with Crippen LogP contribution in [0.5, 0.6) is 0 Å². The number of benzene rings is 1. The highest BCUT2D eigenvalue weighted by Gasteiger charge is 2.11. The van der Waals surface area contributed by atoms with Crippen LogP contribution in [0.15, 0.2) is 27.1 Å². The molecule has 0 aliphatic heterocycles. The molecule has 5 heteroatoms. The van der Waals surface area contributed by atoms with Crippen LogP contribution in [0.25, 0.3) is 0 Å². The normalized spacial score (nSPS) is 12.5. The molecule has 1 atom stereocenters. The lowest BCUT2D eigenvalue weighted by Gasteiger charge is -2.10. The van der Waals surface area contributed by atoms with Crippen LogP contribution >= 0.6 is 31.9 Å². The molecule has 0 aliphatic carbocycles. The lowest BCUT2D eigenvalue weighted by atomic mass is 10.1. The van der Waals surface area contributed by atoms with Crippen molar-refractivity contribution in [1.82, 2.24) is 0 Å². The standard InChI is InChI=1S/C9H9Br2NO2/c10-6-1-5(2-7(11)3-6)8(12)4-9(13)14/h1-3,8H,4,12H2,(H,13,14)/t8-/m0/s1. The fourth-order valence-corrected chi connectivity index (χ4v) is 2.42. The van der Waals surface area contributed by atoms with Crippen LogP contribution in [0.3, 0.4) is 0 Å². The number of carboxylic acid groups (broad SMARTS) is 1. The number of hydrogen-bond acceptors (Lipinski definition) is 2. The zero-order chi connectivity index (χ0) is 10.7. The Labute approximate surface area is 98.6 Å². The van der Waals surface area contributed by atoms with Crippen molar-refractivity contribution in [1.29, 1.82) is 0 Å². The number of carbonyl (C=O) groups is 1. The first-order valence-corrected chi connectivity index (χ1v) is 5.51. The maximum atomic E-state index is 10.4. The molecule has 0 saturated carbocycles. The fourth-order valence-electron chi connectivity index (χ4n) is 1.10. The van der Waals surface area contributed by atoms with E-state index in [1.54, 1.807) is 0 Å². The summed E-state index contributed by atoms with van der Waals surface area (Å²) < 4.78 is 1.76. The summed E-state index contributed by atoms with van der Waals surface area (Å²) >= 11 is 6.63. The van der Waals surface area contributed by atoms with Crippen LogP contribution in [-0.4, -0.2) is 11.1 Å². The summed E-state index contributed by atoms with van der Waals surface area (Å²) in [4.78, 5) is 10.4. The molecule has 0 radical (unpaired) electrons. The summed E-state index contributed by atoms with van der Waals surface area (Å²) in [5.41, 5.74) is 6.51. The van der Waals surface area contributed by atoms with Crippen molar-refractivity contribution < 1.29 is 9.90 Å². The first-order chi connectivity index (χ1) is 6.49. The fraction of sp³-hybridized carbons (Fsp3) is 0.222. The third-order valence-electron chi connectivity index (χ3n) is 1.71. The topological polar surface area (TPSA) is 63.3 Å². The molecule has 1 rings (SSSR count). The van der Waals surface area contributed by atoms with E-state index in [2.05, 4.69) is 31.9 Å². The maximum absolute atomic E-state index is 10.4. The Hall–Kier alpha value is -0.390. The lowest BCUT2D eigenvalue weighted by Crippen LogP contribution is -2.14. The van der Waals surface area contributed by atoms with Gasteiger partial charge in [0.25, 0.3) is 0 Å². The van der Waals surface area contributed by atoms with Crippen molar-refractivity contribution in [2.24, 2.45) is 5.73 Å². The van der Waals surface area contributed by atoms with Crippen LogP contribution in [0.1, 0.15) is 18.0 Å². The van der Waals surface area contributed by atoms with Crippen molar-refractivity contribution in [3.05, 3.63) is 32.7 Å². The van der Waals surface area contributed by atoms with Crippen molar-refractivity contribution in [2.75, 3.05) is 0 Å². The smallest absolute Gasteiger partial charge is 0.305 e. The van der Waals surface area contributed by atoms with E-state index in [0.717, 1.165) is 14.5 Å². The van der Waals surface area contributed by atoms with Crippen molar-refractivity contribution >= 4 is 37.8 Å². The molecule has 0 bridgehead atoms. The highest BCUT2D eigenvalue weighted by molar-refractivity contribution is 9.11. The highest BCUT2D eigenvalue weighted by Crippen LogP contribution is 2.24. The molecule has 0 aromatic heterocycles. The van der Waals surface area contributed by atoms with Crippen molar-refractivity contribution in [2.45, 2.75) is 12.5 Å². The molecule has 0 amide bonds. The zero-order valence-electron chi connectivity index (χ0n) is 7.21. The van der Waals surface area contributed by atoms with Gasteiger partial charge in [-0.25, -0.2) is 0 Å². The molecular weight excluding hydrogens is 314 g/mol. The van der Waals surface area contributed by atoms with Crippen LogP contribution in [0.4, 0.5) is 0 Å². The summed E-state index contributed by atoms with van der Waals surface area (Å²) in [6, 6.07) is 5.04. The monoisotopic (exact) mass is 321 g/mol. The largest absolute Gasteiger partial charge is 0.481 e. The third-order valence-corrected chi connectivity index (χ3v) is 2.62. The zero-order valence-corrected chi connectivity index (χ0v) is 10.4. The molecule has 14 heavy (non-hydrogen) atoms. The SMILES string of the molecule is N[C@@H](CC(=O)O)c1cc(Br)cc(Br)c1. The number of carboxylic acids is 1. The minimum Gasteiger partial charge on any atom is -0.481 e. The predicted molar refractivity (Wildman–Crippen MR) is 61.0 cm³/mol. The molecule has 0 saturated heterocycles. The Morgan fingerprint density at radius 3 is 2.29 bits per heavy atom. The van der Waals surface area contributed by atoms with Crippen LogP contribution < -0.4 is 5.73 Å². The molecule has 3 N–H and O–H groups in total. The molecule has 0 unspecified atom stereocenters. The molecule has 0 fully saturated rings. The van der Waals surface area contributed by atoms with E-state index in [4.69, 9.17) is 10.8 Å². The average molecular weight is 323 g/mol. The Bertz CT molecular complexity index is 334. The van der Waals surface area contributed by atoms with E-state index < -0.39 is 12.0 Å². The van der Waals surface area contributed by atoms with Gasteiger partial charge in [-0.1, -0.05) is 31.9 Å². The molecule has 1 aromatic rings. The van der Waals surface area contributed by atoms with Gasteiger partial charge in [0.15, 0.2) is 0 Å². The summed E-state index contributed by atoms with van der Waals surface area (Å²) in [6.07, 6.45) is -0.0666. The van der Waals surface area contributed by atoms with Gasteiger partial charge in [0.2, 0.25) is 0 Å². The van der Waals surface area contributed by atoms with E-state index in [-0.39, 0.29) is 6.42 Å². The molecular formula is C9H9Br2NO2. The minimum atomic E-state index is -0.895. The average Bonchev–Trinajstić information content (AvgIpc) is 2.00. The van der Waals surface area contributed by atoms with E-state index >= 15 is 0 Å². The van der Waals surface area contributed by atoms with E-state index in [1.165, 1.54) is 0 Å². The molecule has 0 aliphatic rings. The first kappa shape index (κ1) is 11.7. The second-order valence-electron chi connectivity index (χ2n) is 2.91. The quantitative estimate of drug-likeness (QED) is 0.899. The summed E-state index contributed by atoms with van der Waals surface area (Å²) in [5.74, 6) is -0.895. The van der Waals surface area contributed by atoms with Gasteiger partial charge in [0, 0.05) is 15.0 Å². The van der Waals surface area contributed by atoms with Gasteiger partial charge in [0.1, 0.15) is 0 Å². The Morgan fingerprint density at radius 2 is 1.86 bits per heavy atom. The minimum absolute atomic E-state index is 0.0666. The van der Waals surface area contributed by atoms with Gasteiger partial charge in [-0.2, -0.15) is 0 Å². The number of halogens is 2. The second-order valence-corrected chi connectivity index (χ2v) is 4.74. The van der Waals surface area contributed by atoms with E-state index in [9.17, 15) is 4.79 Å². The van der Waals surface area contributed by atoms with Crippen LogP contribution in [-0.2, 0) is 4.79 Å². The van der Waals surface area contributed by atoms with Gasteiger partial charge in [-0.3, -0.25) is 4.79 Å². The van der Waals surface area contributed by atoms with Crippen molar-refractivity contribution in [3.63, 3.8) is 0 Å². The number of rotatable bonds is 3. The lowest BCUT2D eigenvalue weighted by molar-refractivity contribution is -0.137. The van der Waals surface area contributed by atoms with E-state index in [1.807, 2.05) is 18.2 Å². The maximum Gasteiger partial charge on any atom is 0.305 e. The molecule has 0 spiro atoms. The Balaban J connectivity index is 2.89.